The molecule has 1 saturated heterocycles. The van der Waals surface area contributed by atoms with Gasteiger partial charge >= 0.3 is 16.1 Å². The molecule has 4 atom stereocenters. The van der Waals surface area contributed by atoms with Crippen molar-refractivity contribution in [3.63, 3.8) is 0 Å². The van der Waals surface area contributed by atoms with Crippen LogP contribution in [0.5, 0.6) is 0 Å². The minimum absolute atomic E-state index is 0.0537. The monoisotopic (exact) mass is 341 g/mol. The standard InChI is InChI=1S/C9H13N3O5.H2O4S/c10-5-1-2-12(9(16)11-5)8-7(15)6(14)4(3-13)17-8;1-5(2,3)4/h1-2,4,6-8,13-15H,3H2,(H2,10,11,16);(H2,1,2,3,4)/t4-,6-,7-,8-;/m0./s1. The predicted octanol–water partition coefficient (Wildman–Crippen LogP) is -3.22. The molecule has 1 aromatic heterocycles. The number of anilines is 1. The summed E-state index contributed by atoms with van der Waals surface area (Å²) in [4.78, 5) is 15.0. The number of nitrogen functional groups attached to an aromatic ring is 1. The maximum atomic E-state index is 11.5. The van der Waals surface area contributed by atoms with Crippen LogP contribution in [0, 0.1) is 0 Å². The van der Waals surface area contributed by atoms with Crippen LogP contribution in [0.15, 0.2) is 17.1 Å². The molecule has 0 unspecified atom stereocenters. The van der Waals surface area contributed by atoms with Crippen LogP contribution in [0.4, 0.5) is 5.82 Å². The second kappa shape index (κ2) is 7.10. The second-order valence-corrected chi connectivity index (χ2v) is 5.11. The molecule has 126 valence electrons. The van der Waals surface area contributed by atoms with Crippen molar-refractivity contribution >= 4 is 16.2 Å². The van der Waals surface area contributed by atoms with E-state index < -0.39 is 47.2 Å². The fourth-order valence-electron chi connectivity index (χ4n) is 1.73. The quantitative estimate of drug-likeness (QED) is 0.295. The third-order valence-corrected chi connectivity index (χ3v) is 2.64. The maximum absolute atomic E-state index is 11.5. The first kappa shape index (κ1) is 18.4. The van der Waals surface area contributed by atoms with Gasteiger partial charge in [0.25, 0.3) is 0 Å². The average molecular weight is 341 g/mol. The van der Waals surface area contributed by atoms with Crippen molar-refractivity contribution in [2.24, 2.45) is 0 Å². The molecule has 0 amide bonds. The summed E-state index contributed by atoms with van der Waals surface area (Å²) in [6.45, 7) is -0.453. The number of ether oxygens (including phenoxy) is 1. The van der Waals surface area contributed by atoms with Crippen LogP contribution in [0.25, 0.3) is 0 Å². The van der Waals surface area contributed by atoms with E-state index in [1.165, 1.54) is 12.3 Å². The zero-order valence-electron chi connectivity index (χ0n) is 10.9. The zero-order chi connectivity index (χ0) is 17.1. The van der Waals surface area contributed by atoms with Gasteiger partial charge in [-0.1, -0.05) is 0 Å². The highest BCUT2D eigenvalue weighted by Crippen LogP contribution is 2.27. The molecule has 1 aromatic rings. The van der Waals surface area contributed by atoms with Crippen LogP contribution in [0.1, 0.15) is 6.23 Å². The molecule has 2 rings (SSSR count). The summed E-state index contributed by atoms with van der Waals surface area (Å²) in [5, 5.41) is 28.2. The van der Waals surface area contributed by atoms with Crippen molar-refractivity contribution in [2.45, 2.75) is 24.5 Å². The Balaban J connectivity index is 0.000000422. The third-order valence-electron chi connectivity index (χ3n) is 2.64. The van der Waals surface area contributed by atoms with Gasteiger partial charge < -0.3 is 25.8 Å². The van der Waals surface area contributed by atoms with Crippen molar-refractivity contribution in [1.82, 2.24) is 9.55 Å². The molecule has 1 aliphatic heterocycles. The lowest BCUT2D eigenvalue weighted by molar-refractivity contribution is -0.0549. The van der Waals surface area contributed by atoms with Crippen LogP contribution in [0.2, 0.25) is 0 Å². The van der Waals surface area contributed by atoms with E-state index in [9.17, 15) is 15.0 Å². The number of hydrogen-bond acceptors (Lipinski definition) is 9. The molecule has 0 aliphatic carbocycles. The molecule has 22 heavy (non-hydrogen) atoms. The Kier molecular flexibility index (Phi) is 5.95. The van der Waals surface area contributed by atoms with E-state index in [-0.39, 0.29) is 5.82 Å². The summed E-state index contributed by atoms with van der Waals surface area (Å²) in [6.07, 6.45) is -3.27. The number of hydrogen-bond donors (Lipinski definition) is 6. The Morgan fingerprint density at radius 3 is 2.27 bits per heavy atom. The summed E-state index contributed by atoms with van der Waals surface area (Å²) in [6, 6.07) is 1.37. The first-order chi connectivity index (χ1) is 10.0. The van der Waals surface area contributed by atoms with Crippen molar-refractivity contribution in [3.8, 4) is 0 Å². The molecule has 0 bridgehead atoms. The van der Waals surface area contributed by atoms with Gasteiger partial charge in [0, 0.05) is 6.20 Å². The van der Waals surface area contributed by atoms with Gasteiger partial charge in [-0.25, -0.2) is 4.79 Å². The number of aliphatic hydroxyl groups is 3. The molecule has 13 heteroatoms. The van der Waals surface area contributed by atoms with Gasteiger partial charge in [-0.15, -0.1) is 0 Å². The zero-order valence-corrected chi connectivity index (χ0v) is 11.7. The fraction of sp³-hybridized carbons (Fsp3) is 0.556. The van der Waals surface area contributed by atoms with E-state index in [0.29, 0.717) is 0 Å². The molecule has 0 spiro atoms. The Morgan fingerprint density at radius 2 is 1.86 bits per heavy atom. The summed E-state index contributed by atoms with van der Waals surface area (Å²) in [5.41, 5.74) is 4.63. The average Bonchev–Trinajstić information content (AvgIpc) is 2.64. The van der Waals surface area contributed by atoms with Crippen LogP contribution < -0.4 is 11.4 Å². The molecule has 1 aliphatic rings. The lowest BCUT2D eigenvalue weighted by atomic mass is 10.1. The summed E-state index contributed by atoms with van der Waals surface area (Å²) in [5.74, 6) is 0.0537. The van der Waals surface area contributed by atoms with E-state index in [2.05, 4.69) is 4.98 Å². The highest BCUT2D eigenvalue weighted by atomic mass is 32.3. The fourth-order valence-corrected chi connectivity index (χ4v) is 1.73. The Bertz CT molecular complexity index is 653. The van der Waals surface area contributed by atoms with Gasteiger partial charge in [0.15, 0.2) is 6.23 Å². The molecular weight excluding hydrogens is 326 g/mol. The van der Waals surface area contributed by atoms with Crippen molar-refractivity contribution in [2.75, 3.05) is 12.3 Å². The highest BCUT2D eigenvalue weighted by molar-refractivity contribution is 7.79. The molecule has 0 aromatic carbocycles. The largest absolute Gasteiger partial charge is 0.394 e. The number of nitrogens with two attached hydrogens (primary N) is 1. The summed E-state index contributed by atoms with van der Waals surface area (Å²) >= 11 is 0. The van der Waals surface area contributed by atoms with Gasteiger partial charge in [0.1, 0.15) is 24.1 Å². The summed E-state index contributed by atoms with van der Waals surface area (Å²) in [7, 11) is -4.67. The topological polar surface area (TPSA) is 205 Å². The van der Waals surface area contributed by atoms with E-state index >= 15 is 0 Å². The normalized spacial score (nSPS) is 28.0. The van der Waals surface area contributed by atoms with Crippen LogP contribution in [-0.4, -0.2) is 67.3 Å². The SMILES string of the molecule is Nc1ccn([C@H]2O[C@@H](CO)[C@H](O)[C@@H]2O)c(=O)n1.O=S(=O)(O)O. The van der Waals surface area contributed by atoms with Gasteiger partial charge in [-0.2, -0.15) is 13.4 Å². The number of rotatable bonds is 2. The van der Waals surface area contributed by atoms with E-state index in [4.69, 9.17) is 33.1 Å². The lowest BCUT2D eigenvalue weighted by Crippen LogP contribution is -2.36. The Labute approximate surface area is 124 Å². The van der Waals surface area contributed by atoms with Crippen LogP contribution >= 0.6 is 0 Å². The van der Waals surface area contributed by atoms with Crippen LogP contribution in [-0.2, 0) is 15.1 Å². The van der Waals surface area contributed by atoms with E-state index in [0.717, 1.165) is 4.57 Å². The van der Waals surface area contributed by atoms with Gasteiger partial charge in [-0.05, 0) is 6.07 Å². The predicted molar refractivity (Wildman–Crippen MR) is 70.1 cm³/mol. The van der Waals surface area contributed by atoms with Gasteiger partial charge in [0.2, 0.25) is 0 Å². The smallest absolute Gasteiger partial charge is 0.394 e. The molecule has 0 radical (unpaired) electrons. The highest BCUT2D eigenvalue weighted by Gasteiger charge is 2.43. The maximum Gasteiger partial charge on any atom is 0.394 e. The molecule has 12 nitrogen and oxygen atoms in total. The van der Waals surface area contributed by atoms with Crippen molar-refractivity contribution in [3.05, 3.63) is 22.7 Å². The van der Waals surface area contributed by atoms with Gasteiger partial charge in [-0.3, -0.25) is 13.7 Å². The van der Waals surface area contributed by atoms with Gasteiger partial charge in [0.05, 0.1) is 6.61 Å². The number of aliphatic hydroxyl groups excluding tert-OH is 3. The van der Waals surface area contributed by atoms with E-state index in [1.54, 1.807) is 0 Å². The molecule has 0 saturated carbocycles. The Morgan fingerprint density at radius 1 is 1.32 bits per heavy atom. The molecule has 2 heterocycles. The summed E-state index contributed by atoms with van der Waals surface area (Å²) < 4.78 is 37.8. The molecular formula is C9H15N3O9S. The van der Waals surface area contributed by atoms with Crippen LogP contribution in [0.3, 0.4) is 0 Å². The minimum atomic E-state index is -4.67. The lowest BCUT2D eigenvalue weighted by Gasteiger charge is -2.16. The first-order valence-corrected chi connectivity index (χ1v) is 7.11. The van der Waals surface area contributed by atoms with E-state index in [1.807, 2.05) is 0 Å². The second-order valence-electron chi connectivity index (χ2n) is 4.22. The number of aromatic nitrogens is 2. The minimum Gasteiger partial charge on any atom is -0.394 e. The van der Waals surface area contributed by atoms with Crippen molar-refractivity contribution < 1.29 is 37.6 Å². The first-order valence-electron chi connectivity index (χ1n) is 5.71. The molecule has 7 N–H and O–H groups in total. The molecule has 1 fully saturated rings. The Hall–Kier alpha value is -1.61. The number of nitrogens with zero attached hydrogens (tertiary/aromatic N) is 2. The third kappa shape index (κ3) is 4.99. The van der Waals surface area contributed by atoms with Crippen molar-refractivity contribution in [1.29, 1.82) is 0 Å².